The molecule has 0 fully saturated rings. The van der Waals surface area contributed by atoms with Crippen molar-refractivity contribution < 1.29 is 4.42 Å². The standard InChI is InChI=1S/C9H10N4O/c1-5-3-4-7(14-5)8-9(10)11-6(2)12-13-8/h3-4H,1-2H3,(H2,10,11,12). The molecule has 2 N–H and O–H groups in total. The van der Waals surface area contributed by atoms with Crippen molar-refractivity contribution in [1.29, 1.82) is 0 Å². The van der Waals surface area contributed by atoms with Crippen LogP contribution < -0.4 is 5.73 Å². The lowest BCUT2D eigenvalue weighted by molar-refractivity contribution is 0.545. The van der Waals surface area contributed by atoms with Crippen LogP contribution in [-0.2, 0) is 0 Å². The number of hydrogen-bond donors (Lipinski definition) is 1. The normalized spacial score (nSPS) is 10.4. The largest absolute Gasteiger partial charge is 0.460 e. The summed E-state index contributed by atoms with van der Waals surface area (Å²) in [5.41, 5.74) is 6.18. The summed E-state index contributed by atoms with van der Waals surface area (Å²) in [4.78, 5) is 4.00. The molecule has 5 nitrogen and oxygen atoms in total. The molecule has 0 radical (unpaired) electrons. The minimum atomic E-state index is 0.340. The first-order valence-electron chi connectivity index (χ1n) is 4.20. The number of anilines is 1. The number of aryl methyl sites for hydroxylation is 2. The van der Waals surface area contributed by atoms with Gasteiger partial charge in [-0.3, -0.25) is 0 Å². The lowest BCUT2D eigenvalue weighted by Gasteiger charge is -1.99. The van der Waals surface area contributed by atoms with Gasteiger partial charge in [0.25, 0.3) is 0 Å². The van der Waals surface area contributed by atoms with Crippen molar-refractivity contribution in [2.75, 3.05) is 5.73 Å². The lowest BCUT2D eigenvalue weighted by Crippen LogP contribution is -2.01. The van der Waals surface area contributed by atoms with Gasteiger partial charge in [-0.05, 0) is 26.0 Å². The summed E-state index contributed by atoms with van der Waals surface area (Å²) in [5, 5.41) is 7.75. The Morgan fingerprint density at radius 2 is 2.00 bits per heavy atom. The number of hydrogen-bond acceptors (Lipinski definition) is 5. The van der Waals surface area contributed by atoms with E-state index in [1.54, 1.807) is 13.0 Å². The number of nitrogen functional groups attached to an aromatic ring is 1. The molecular formula is C9H10N4O. The maximum absolute atomic E-state index is 5.69. The Hall–Kier alpha value is -1.91. The van der Waals surface area contributed by atoms with Crippen LogP contribution in [0.2, 0.25) is 0 Å². The van der Waals surface area contributed by atoms with Crippen LogP contribution in [0.1, 0.15) is 11.6 Å². The van der Waals surface area contributed by atoms with Gasteiger partial charge in [-0.25, -0.2) is 4.98 Å². The zero-order valence-electron chi connectivity index (χ0n) is 7.98. The Bertz CT molecular complexity index is 464. The van der Waals surface area contributed by atoms with E-state index in [1.165, 1.54) is 0 Å². The number of nitrogens with two attached hydrogens (primary N) is 1. The predicted octanol–water partition coefficient (Wildman–Crippen LogP) is 1.33. The van der Waals surface area contributed by atoms with Crippen molar-refractivity contribution >= 4 is 5.82 Å². The Morgan fingerprint density at radius 3 is 2.57 bits per heavy atom. The third-order valence-electron chi connectivity index (χ3n) is 1.79. The molecule has 2 aromatic rings. The maximum atomic E-state index is 5.69. The van der Waals surface area contributed by atoms with Crippen LogP contribution in [-0.4, -0.2) is 15.2 Å². The molecule has 14 heavy (non-hydrogen) atoms. The Kier molecular flexibility index (Phi) is 1.92. The summed E-state index contributed by atoms with van der Waals surface area (Å²) in [7, 11) is 0. The summed E-state index contributed by atoms with van der Waals surface area (Å²) in [6.45, 7) is 3.59. The summed E-state index contributed by atoms with van der Waals surface area (Å²) in [6.07, 6.45) is 0. The van der Waals surface area contributed by atoms with Crippen LogP contribution >= 0.6 is 0 Å². The lowest BCUT2D eigenvalue weighted by atomic mass is 10.3. The third kappa shape index (κ3) is 1.44. The molecule has 0 atom stereocenters. The van der Waals surface area contributed by atoms with Crippen LogP contribution in [0.4, 0.5) is 5.82 Å². The monoisotopic (exact) mass is 190 g/mol. The molecule has 0 aromatic carbocycles. The fraction of sp³-hybridized carbons (Fsp3) is 0.222. The summed E-state index contributed by atoms with van der Waals surface area (Å²) in [6, 6.07) is 3.64. The van der Waals surface area contributed by atoms with E-state index in [2.05, 4.69) is 15.2 Å². The van der Waals surface area contributed by atoms with Crippen molar-refractivity contribution in [3.8, 4) is 11.5 Å². The number of rotatable bonds is 1. The number of aromatic nitrogens is 3. The van der Waals surface area contributed by atoms with Gasteiger partial charge in [0.15, 0.2) is 17.3 Å². The molecule has 0 aliphatic heterocycles. The molecule has 0 amide bonds. The van der Waals surface area contributed by atoms with Gasteiger partial charge in [-0.2, -0.15) is 0 Å². The van der Waals surface area contributed by atoms with Crippen LogP contribution in [0, 0.1) is 13.8 Å². The van der Waals surface area contributed by atoms with Crippen LogP contribution in [0.5, 0.6) is 0 Å². The summed E-state index contributed by atoms with van der Waals surface area (Å²) >= 11 is 0. The molecule has 0 spiro atoms. The molecule has 5 heteroatoms. The fourth-order valence-electron chi connectivity index (χ4n) is 1.16. The third-order valence-corrected chi connectivity index (χ3v) is 1.79. The second-order valence-electron chi connectivity index (χ2n) is 3.00. The first-order valence-corrected chi connectivity index (χ1v) is 4.20. The van der Waals surface area contributed by atoms with Gasteiger partial charge in [0.2, 0.25) is 0 Å². The molecule has 0 saturated carbocycles. The van der Waals surface area contributed by atoms with E-state index in [9.17, 15) is 0 Å². The highest BCUT2D eigenvalue weighted by molar-refractivity contribution is 5.64. The predicted molar refractivity (Wildman–Crippen MR) is 51.4 cm³/mol. The van der Waals surface area contributed by atoms with Crippen molar-refractivity contribution in [2.24, 2.45) is 0 Å². The molecule has 0 unspecified atom stereocenters. The fourth-order valence-corrected chi connectivity index (χ4v) is 1.16. The van der Waals surface area contributed by atoms with Crippen molar-refractivity contribution in [3.63, 3.8) is 0 Å². The van der Waals surface area contributed by atoms with Gasteiger partial charge in [0.05, 0.1) is 0 Å². The van der Waals surface area contributed by atoms with E-state index >= 15 is 0 Å². The Labute approximate surface area is 81.0 Å². The highest BCUT2D eigenvalue weighted by Gasteiger charge is 2.10. The van der Waals surface area contributed by atoms with Gasteiger partial charge >= 0.3 is 0 Å². The minimum absolute atomic E-state index is 0.340. The van der Waals surface area contributed by atoms with Gasteiger partial charge < -0.3 is 10.2 Å². The van der Waals surface area contributed by atoms with E-state index in [-0.39, 0.29) is 0 Å². The summed E-state index contributed by atoms with van der Waals surface area (Å²) < 4.78 is 5.37. The zero-order chi connectivity index (χ0) is 10.1. The Balaban J connectivity index is 2.52. The first-order chi connectivity index (χ1) is 6.66. The van der Waals surface area contributed by atoms with Crippen molar-refractivity contribution in [2.45, 2.75) is 13.8 Å². The molecular weight excluding hydrogens is 180 g/mol. The molecule has 2 heterocycles. The van der Waals surface area contributed by atoms with E-state index in [0.717, 1.165) is 5.76 Å². The molecule has 2 rings (SSSR count). The summed E-state index contributed by atoms with van der Waals surface area (Å²) in [5.74, 6) is 2.29. The zero-order valence-corrected chi connectivity index (χ0v) is 7.98. The van der Waals surface area contributed by atoms with Crippen molar-refractivity contribution in [3.05, 3.63) is 23.7 Å². The van der Waals surface area contributed by atoms with Gasteiger partial charge in [-0.15, -0.1) is 10.2 Å². The van der Waals surface area contributed by atoms with Gasteiger partial charge in [-0.1, -0.05) is 0 Å². The van der Waals surface area contributed by atoms with Gasteiger partial charge in [0, 0.05) is 0 Å². The van der Waals surface area contributed by atoms with E-state index in [4.69, 9.17) is 10.2 Å². The van der Waals surface area contributed by atoms with Crippen LogP contribution in [0.3, 0.4) is 0 Å². The highest BCUT2D eigenvalue weighted by Crippen LogP contribution is 2.22. The van der Waals surface area contributed by atoms with Gasteiger partial charge in [0.1, 0.15) is 11.6 Å². The number of nitrogens with zero attached hydrogens (tertiary/aromatic N) is 3. The maximum Gasteiger partial charge on any atom is 0.170 e. The number of furan rings is 1. The quantitative estimate of drug-likeness (QED) is 0.733. The highest BCUT2D eigenvalue weighted by atomic mass is 16.3. The average molecular weight is 190 g/mol. The molecule has 2 aromatic heterocycles. The van der Waals surface area contributed by atoms with Crippen LogP contribution in [0.15, 0.2) is 16.5 Å². The molecule has 0 bridgehead atoms. The second-order valence-corrected chi connectivity index (χ2v) is 3.00. The molecule has 0 saturated heterocycles. The Morgan fingerprint density at radius 1 is 1.21 bits per heavy atom. The first kappa shape index (κ1) is 8.68. The van der Waals surface area contributed by atoms with E-state index in [0.29, 0.717) is 23.1 Å². The topological polar surface area (TPSA) is 77.8 Å². The van der Waals surface area contributed by atoms with E-state index < -0.39 is 0 Å². The van der Waals surface area contributed by atoms with Crippen molar-refractivity contribution in [1.82, 2.24) is 15.2 Å². The molecule has 72 valence electrons. The molecule has 0 aliphatic carbocycles. The van der Waals surface area contributed by atoms with Crippen LogP contribution in [0.25, 0.3) is 11.5 Å². The second kappa shape index (κ2) is 3.10. The SMILES string of the molecule is Cc1nnc(-c2ccc(C)o2)c(N)n1. The minimum Gasteiger partial charge on any atom is -0.460 e. The smallest absolute Gasteiger partial charge is 0.170 e. The van der Waals surface area contributed by atoms with E-state index in [1.807, 2.05) is 13.0 Å². The average Bonchev–Trinajstić information content (AvgIpc) is 2.51. The molecule has 0 aliphatic rings.